The van der Waals surface area contributed by atoms with Crippen LogP contribution < -0.4 is 4.74 Å². The van der Waals surface area contributed by atoms with Gasteiger partial charge in [0.1, 0.15) is 11.5 Å². The lowest BCUT2D eigenvalue weighted by molar-refractivity contribution is -0.0533. The van der Waals surface area contributed by atoms with Crippen LogP contribution in [0.4, 0.5) is 0 Å². The van der Waals surface area contributed by atoms with Crippen molar-refractivity contribution < 1.29 is 18.3 Å². The highest BCUT2D eigenvalue weighted by atomic mass is 32.3. The molecule has 1 aromatic heterocycles. The molecule has 0 amide bonds. The number of aromatic nitrogens is 1. The number of rotatable bonds is 4. The maximum absolute atomic E-state index is 13.1. The number of sulfonamides is 1. The van der Waals surface area contributed by atoms with E-state index in [1.807, 2.05) is 18.2 Å². The van der Waals surface area contributed by atoms with E-state index in [1.54, 1.807) is 30.5 Å². The van der Waals surface area contributed by atoms with Crippen LogP contribution in [0.3, 0.4) is 0 Å². The first kappa shape index (κ1) is 18.1. The van der Waals surface area contributed by atoms with Crippen LogP contribution in [0.25, 0.3) is 0 Å². The van der Waals surface area contributed by atoms with Crippen molar-refractivity contribution in [1.82, 2.24) is 9.29 Å². The Hall–Kier alpha value is -2.29. The molecule has 1 fully saturated rings. The number of nitrogens with zero attached hydrogens (tertiary/aromatic N) is 3. The summed E-state index contributed by atoms with van der Waals surface area (Å²) in [5.41, 5.74) is 0.898. The van der Waals surface area contributed by atoms with Gasteiger partial charge in [0, 0.05) is 25.2 Å². The maximum Gasteiger partial charge on any atom is 0.179 e. The highest BCUT2D eigenvalue weighted by Gasteiger charge is 2.48. The summed E-state index contributed by atoms with van der Waals surface area (Å²) in [6, 6.07) is 12.2. The molecule has 0 aliphatic carbocycles. The number of piperidine rings is 1. The van der Waals surface area contributed by atoms with E-state index < -0.39 is 16.0 Å². The van der Waals surface area contributed by atoms with Crippen LogP contribution in [0.15, 0.2) is 58.7 Å². The van der Waals surface area contributed by atoms with Crippen molar-refractivity contribution in [2.24, 2.45) is 5.16 Å². The Labute approximate surface area is 159 Å². The normalized spacial score (nSPS) is 24.9. The minimum absolute atomic E-state index is 0.225. The molecule has 27 heavy (non-hydrogen) atoms. The molecule has 0 N–H and O–H groups in total. The lowest BCUT2D eigenvalue weighted by atomic mass is 9.88. The molecule has 2 aromatic rings. The van der Waals surface area contributed by atoms with E-state index in [0.717, 1.165) is 17.8 Å². The molecule has 1 aromatic carbocycles. The molecule has 0 saturated carbocycles. The first-order valence-electron chi connectivity index (χ1n) is 8.83. The average molecular weight is 387 g/mol. The molecule has 2 aliphatic heterocycles. The van der Waals surface area contributed by atoms with Gasteiger partial charge < -0.3 is 14.1 Å². The van der Waals surface area contributed by atoms with Crippen molar-refractivity contribution in [1.29, 1.82) is 0 Å². The standard InChI is InChI=1S/C19H21N3O4S/c1-25-15-6-4-7-16(12-15)27(23,24)22-11-5-9-19(14-22)13-18(21-26-19)17-8-2-3-10-20-17/h2-4,6-8,10,12H,5,9,11,13-14H2,1H3. The minimum Gasteiger partial charge on any atom is -0.593 e. The van der Waals surface area contributed by atoms with Crippen molar-refractivity contribution in [3.8, 4) is 5.75 Å². The molecule has 3 heterocycles. The molecule has 142 valence electrons. The smallest absolute Gasteiger partial charge is 0.179 e. The fourth-order valence-corrected chi connectivity index (χ4v) is 5.17. The molecule has 8 heteroatoms. The number of hydrogen-bond acceptors (Lipinski definition) is 6. The Morgan fingerprint density at radius 1 is 1.30 bits per heavy atom. The summed E-state index contributed by atoms with van der Waals surface area (Å²) in [6.45, 7) is 0.732. The number of pyridine rings is 1. The fraction of sp³-hybridized carbons (Fsp3) is 0.368. The maximum atomic E-state index is 13.1. The Balaban J connectivity index is 1.54. The molecule has 1 saturated heterocycles. The van der Waals surface area contributed by atoms with Crippen LogP contribution >= 0.6 is 0 Å². The van der Waals surface area contributed by atoms with Crippen LogP contribution in [0, 0.1) is 0 Å². The van der Waals surface area contributed by atoms with E-state index in [1.165, 1.54) is 11.4 Å². The molecular weight excluding hydrogens is 366 g/mol. The fourth-order valence-electron chi connectivity index (χ4n) is 3.58. The number of ether oxygens (including phenoxy) is 1. The van der Waals surface area contributed by atoms with Gasteiger partial charge in [-0.25, -0.2) is 0 Å². The van der Waals surface area contributed by atoms with Gasteiger partial charge in [0.25, 0.3) is 0 Å². The average Bonchev–Trinajstić information content (AvgIpc) is 3.12. The molecule has 0 bridgehead atoms. The zero-order chi connectivity index (χ0) is 18.9. The Morgan fingerprint density at radius 3 is 2.96 bits per heavy atom. The molecule has 0 radical (unpaired) electrons. The number of oxime groups is 1. The highest BCUT2D eigenvalue weighted by Crippen LogP contribution is 2.38. The number of hydrogen-bond donors (Lipinski definition) is 0. The van der Waals surface area contributed by atoms with Crippen molar-refractivity contribution in [3.63, 3.8) is 0 Å². The van der Waals surface area contributed by atoms with Crippen molar-refractivity contribution >= 4 is 16.1 Å². The Kier molecular flexibility index (Phi) is 4.71. The molecule has 1 spiro atoms. The SMILES string of the molecule is COc1cccc([S+](=O)([O-])N2CCCC3(CC(c4ccccn4)=NO3)C2)c1. The van der Waals surface area contributed by atoms with Crippen LogP contribution in [-0.4, -0.2) is 45.4 Å². The minimum atomic E-state index is -3.63. The first-order chi connectivity index (χ1) is 13.0. The molecular formula is C19H21N3O4S. The van der Waals surface area contributed by atoms with Crippen LogP contribution in [0.5, 0.6) is 5.75 Å². The van der Waals surface area contributed by atoms with E-state index in [0.29, 0.717) is 25.1 Å². The second-order valence-electron chi connectivity index (χ2n) is 6.83. The second-order valence-corrected chi connectivity index (χ2v) is 8.76. The number of methoxy groups -OCH3 is 1. The topological polar surface area (TPSA) is 87.1 Å². The van der Waals surface area contributed by atoms with Gasteiger partial charge >= 0.3 is 0 Å². The van der Waals surface area contributed by atoms with E-state index in [-0.39, 0.29) is 11.4 Å². The van der Waals surface area contributed by atoms with Crippen LogP contribution in [0.1, 0.15) is 25.0 Å². The number of benzene rings is 1. The molecule has 7 nitrogen and oxygen atoms in total. The summed E-state index contributed by atoms with van der Waals surface area (Å²) >= 11 is 0. The lowest BCUT2D eigenvalue weighted by Crippen LogP contribution is -2.52. The molecule has 2 atom stereocenters. The van der Waals surface area contributed by atoms with Gasteiger partial charge in [0.05, 0.1) is 19.3 Å². The van der Waals surface area contributed by atoms with E-state index >= 15 is 0 Å². The zero-order valence-electron chi connectivity index (χ0n) is 15.0. The highest BCUT2D eigenvalue weighted by molar-refractivity contribution is 7.95. The Morgan fingerprint density at radius 2 is 2.19 bits per heavy atom. The summed E-state index contributed by atoms with van der Waals surface area (Å²) in [7, 11) is -2.12. The predicted octanol–water partition coefficient (Wildman–Crippen LogP) is 2.65. The first-order valence-corrected chi connectivity index (χ1v) is 10.3. The molecule has 2 unspecified atom stereocenters. The third kappa shape index (κ3) is 3.47. The largest absolute Gasteiger partial charge is 0.593 e. The van der Waals surface area contributed by atoms with Gasteiger partial charge in [-0.15, -0.1) is 4.31 Å². The third-order valence-electron chi connectivity index (χ3n) is 4.98. The summed E-state index contributed by atoms with van der Waals surface area (Å²) in [6.07, 6.45) is 3.74. The quantitative estimate of drug-likeness (QED) is 0.753. The van der Waals surface area contributed by atoms with Crippen molar-refractivity contribution in [2.45, 2.75) is 29.8 Å². The van der Waals surface area contributed by atoms with Gasteiger partial charge in [-0.05, 0) is 37.1 Å². The summed E-state index contributed by atoms with van der Waals surface area (Å²) in [5.74, 6) is 0.515. The second kappa shape index (κ2) is 7.03. The van der Waals surface area contributed by atoms with Gasteiger partial charge in [-0.2, -0.15) is 0 Å². The van der Waals surface area contributed by atoms with E-state index in [9.17, 15) is 8.76 Å². The molecule has 4 rings (SSSR count). The van der Waals surface area contributed by atoms with Crippen LogP contribution in [0.2, 0.25) is 0 Å². The van der Waals surface area contributed by atoms with Gasteiger partial charge in [-0.1, -0.05) is 21.5 Å². The van der Waals surface area contributed by atoms with E-state index in [2.05, 4.69) is 10.1 Å². The summed E-state index contributed by atoms with van der Waals surface area (Å²) in [5, 5.41) is 4.21. The Bertz CT molecular complexity index is 905. The van der Waals surface area contributed by atoms with Crippen molar-refractivity contribution in [2.75, 3.05) is 20.2 Å². The third-order valence-corrected chi connectivity index (χ3v) is 6.82. The van der Waals surface area contributed by atoms with Gasteiger partial charge in [0.2, 0.25) is 0 Å². The van der Waals surface area contributed by atoms with Crippen molar-refractivity contribution in [3.05, 3.63) is 54.4 Å². The predicted molar refractivity (Wildman–Crippen MR) is 100 cm³/mol. The van der Waals surface area contributed by atoms with E-state index in [4.69, 9.17) is 9.57 Å². The zero-order valence-corrected chi connectivity index (χ0v) is 15.9. The summed E-state index contributed by atoms with van der Waals surface area (Å²) < 4.78 is 32.9. The summed E-state index contributed by atoms with van der Waals surface area (Å²) in [4.78, 5) is 10.3. The molecule has 2 aliphatic rings. The lowest BCUT2D eigenvalue weighted by Gasteiger charge is -2.38. The van der Waals surface area contributed by atoms with Gasteiger partial charge in [-0.3, -0.25) is 4.98 Å². The van der Waals surface area contributed by atoms with Crippen LogP contribution in [-0.2, 0) is 19.4 Å². The monoisotopic (exact) mass is 387 g/mol. The van der Waals surface area contributed by atoms with Gasteiger partial charge in [0.15, 0.2) is 20.9 Å².